The summed E-state index contributed by atoms with van der Waals surface area (Å²) in [6.45, 7) is 2.26. The van der Waals surface area contributed by atoms with Crippen LogP contribution in [0, 0.1) is 6.92 Å². The van der Waals surface area contributed by atoms with Gasteiger partial charge in [-0.1, -0.05) is 29.8 Å². The summed E-state index contributed by atoms with van der Waals surface area (Å²) in [7, 11) is 0. The van der Waals surface area contributed by atoms with Crippen molar-refractivity contribution in [1.29, 1.82) is 0 Å². The number of aryl methyl sites for hydroxylation is 1. The molecule has 0 fully saturated rings. The maximum Gasteiger partial charge on any atom is 0.374 e. The van der Waals surface area contributed by atoms with E-state index in [1.807, 2.05) is 31.2 Å². The fourth-order valence-corrected chi connectivity index (χ4v) is 2.20. The summed E-state index contributed by atoms with van der Waals surface area (Å²) < 4.78 is 16.0. The zero-order chi connectivity index (χ0) is 16.9. The number of carbonyl (C=O) groups excluding carboxylic acids is 1. The van der Waals surface area contributed by atoms with Crippen LogP contribution in [0.3, 0.4) is 0 Å². The average Bonchev–Trinajstić information content (AvgIpc) is 2.60. The van der Waals surface area contributed by atoms with Crippen molar-refractivity contribution >= 4 is 16.9 Å². The fraction of sp³-hybridized carbons (Fsp3) is 0.158. The Kier molecular flexibility index (Phi) is 4.61. The van der Waals surface area contributed by atoms with Gasteiger partial charge in [0.1, 0.15) is 24.5 Å². The first-order valence-corrected chi connectivity index (χ1v) is 7.53. The highest BCUT2D eigenvalue weighted by Gasteiger charge is 2.13. The Labute approximate surface area is 138 Å². The number of hydrogen-bond acceptors (Lipinski definition) is 5. The lowest BCUT2D eigenvalue weighted by Gasteiger charge is -2.07. The van der Waals surface area contributed by atoms with Gasteiger partial charge in [-0.3, -0.25) is 4.79 Å². The Morgan fingerprint density at radius 2 is 1.79 bits per heavy atom. The number of carbonyl (C=O) groups is 1. The molecule has 0 unspecified atom stereocenters. The minimum atomic E-state index is -0.689. The molecule has 0 saturated carbocycles. The van der Waals surface area contributed by atoms with Crippen LogP contribution >= 0.6 is 0 Å². The molecule has 3 rings (SSSR count). The van der Waals surface area contributed by atoms with Gasteiger partial charge in [0.25, 0.3) is 0 Å². The zero-order valence-electron chi connectivity index (χ0n) is 13.2. The highest BCUT2D eigenvalue weighted by molar-refractivity contribution is 5.88. The third-order valence-electron chi connectivity index (χ3n) is 3.44. The molecular weight excluding hydrogens is 308 g/mol. The van der Waals surface area contributed by atoms with Gasteiger partial charge in [-0.05, 0) is 31.2 Å². The molecular formula is C19H16O5. The minimum Gasteiger partial charge on any atom is -0.490 e. The molecule has 0 atom stereocenters. The molecule has 1 heterocycles. The van der Waals surface area contributed by atoms with E-state index in [9.17, 15) is 9.59 Å². The highest BCUT2D eigenvalue weighted by atomic mass is 16.6. The van der Waals surface area contributed by atoms with Crippen LogP contribution < -0.4 is 10.2 Å². The number of hydrogen-bond donors (Lipinski definition) is 0. The third-order valence-corrected chi connectivity index (χ3v) is 3.44. The van der Waals surface area contributed by atoms with E-state index in [0.717, 1.165) is 11.6 Å². The van der Waals surface area contributed by atoms with Crippen LogP contribution in [0.1, 0.15) is 16.1 Å². The molecule has 0 aliphatic heterocycles. The van der Waals surface area contributed by atoms with Gasteiger partial charge in [0.05, 0.1) is 5.39 Å². The Hall–Kier alpha value is -3.08. The van der Waals surface area contributed by atoms with Crippen LogP contribution in [0.15, 0.2) is 63.8 Å². The van der Waals surface area contributed by atoms with E-state index < -0.39 is 5.97 Å². The Morgan fingerprint density at radius 1 is 1.04 bits per heavy atom. The molecule has 24 heavy (non-hydrogen) atoms. The molecule has 1 aromatic heterocycles. The molecule has 2 aromatic carbocycles. The molecule has 0 amide bonds. The predicted octanol–water partition coefficient (Wildman–Crippen LogP) is 3.34. The standard InChI is InChI=1S/C19H16O5/c1-13-6-8-14(9-7-13)22-10-11-23-19(21)18-12-16(20)15-4-2-3-5-17(15)24-18/h2-9,12H,10-11H2,1H3. The predicted molar refractivity (Wildman–Crippen MR) is 89.4 cm³/mol. The van der Waals surface area contributed by atoms with E-state index in [1.165, 1.54) is 0 Å². The van der Waals surface area contributed by atoms with Crippen molar-refractivity contribution < 1.29 is 18.7 Å². The second kappa shape index (κ2) is 7.00. The molecule has 0 aliphatic rings. The molecule has 0 spiro atoms. The number of esters is 1. The number of ether oxygens (including phenoxy) is 2. The first-order valence-electron chi connectivity index (χ1n) is 7.53. The summed E-state index contributed by atoms with van der Waals surface area (Å²) in [6, 6.07) is 15.5. The normalized spacial score (nSPS) is 10.5. The van der Waals surface area contributed by atoms with Gasteiger partial charge in [0, 0.05) is 6.07 Å². The lowest BCUT2D eigenvalue weighted by Crippen LogP contribution is -2.14. The minimum absolute atomic E-state index is 0.0588. The summed E-state index contributed by atoms with van der Waals surface area (Å²) in [5, 5.41) is 0.428. The van der Waals surface area contributed by atoms with Gasteiger partial charge in [-0.2, -0.15) is 0 Å². The van der Waals surface area contributed by atoms with Gasteiger partial charge < -0.3 is 13.9 Å². The quantitative estimate of drug-likeness (QED) is 0.532. The average molecular weight is 324 g/mol. The molecule has 3 aromatic rings. The van der Waals surface area contributed by atoms with Crippen molar-refractivity contribution in [1.82, 2.24) is 0 Å². The van der Waals surface area contributed by atoms with E-state index in [2.05, 4.69) is 0 Å². The summed E-state index contributed by atoms with van der Waals surface area (Å²) in [5.41, 5.74) is 1.22. The zero-order valence-corrected chi connectivity index (χ0v) is 13.2. The molecule has 5 nitrogen and oxygen atoms in total. The van der Waals surface area contributed by atoms with Crippen molar-refractivity contribution in [2.45, 2.75) is 6.92 Å². The van der Waals surface area contributed by atoms with Gasteiger partial charge in [-0.15, -0.1) is 0 Å². The molecule has 0 bridgehead atoms. The van der Waals surface area contributed by atoms with Gasteiger partial charge >= 0.3 is 5.97 Å². The number of rotatable bonds is 5. The van der Waals surface area contributed by atoms with Crippen LogP contribution in [0.4, 0.5) is 0 Å². The summed E-state index contributed by atoms with van der Waals surface area (Å²) in [5.74, 6) is -0.103. The van der Waals surface area contributed by atoms with Crippen LogP contribution in [-0.4, -0.2) is 19.2 Å². The van der Waals surface area contributed by atoms with E-state index in [0.29, 0.717) is 16.7 Å². The number of benzene rings is 2. The van der Waals surface area contributed by atoms with Gasteiger partial charge in [0.2, 0.25) is 5.76 Å². The van der Waals surface area contributed by atoms with Gasteiger partial charge in [0.15, 0.2) is 5.43 Å². The molecule has 0 aliphatic carbocycles. The van der Waals surface area contributed by atoms with E-state index in [4.69, 9.17) is 13.9 Å². The summed E-state index contributed by atoms with van der Waals surface area (Å²) >= 11 is 0. The first kappa shape index (κ1) is 15.8. The van der Waals surface area contributed by atoms with Crippen LogP contribution in [-0.2, 0) is 4.74 Å². The van der Waals surface area contributed by atoms with Crippen LogP contribution in [0.5, 0.6) is 5.75 Å². The van der Waals surface area contributed by atoms with E-state index in [1.54, 1.807) is 24.3 Å². The highest BCUT2D eigenvalue weighted by Crippen LogP contribution is 2.13. The lowest BCUT2D eigenvalue weighted by molar-refractivity contribution is 0.0415. The second-order valence-electron chi connectivity index (χ2n) is 5.27. The van der Waals surface area contributed by atoms with E-state index >= 15 is 0 Å². The van der Waals surface area contributed by atoms with E-state index in [-0.39, 0.29) is 24.4 Å². The molecule has 122 valence electrons. The molecule has 0 radical (unpaired) electrons. The Bertz CT molecular complexity index is 909. The largest absolute Gasteiger partial charge is 0.490 e. The molecule has 0 saturated heterocycles. The SMILES string of the molecule is Cc1ccc(OCCOC(=O)c2cc(=O)c3ccccc3o2)cc1. The topological polar surface area (TPSA) is 65.7 Å². The second-order valence-corrected chi connectivity index (χ2v) is 5.27. The van der Waals surface area contributed by atoms with Gasteiger partial charge in [-0.25, -0.2) is 4.79 Å². The Balaban J connectivity index is 1.59. The number of fused-ring (bicyclic) bond motifs is 1. The summed E-state index contributed by atoms with van der Waals surface area (Å²) in [6.07, 6.45) is 0. The monoisotopic (exact) mass is 324 g/mol. The van der Waals surface area contributed by atoms with Crippen molar-refractivity contribution in [3.05, 3.63) is 76.1 Å². The summed E-state index contributed by atoms with van der Waals surface area (Å²) in [4.78, 5) is 23.9. The third kappa shape index (κ3) is 3.63. The van der Waals surface area contributed by atoms with Crippen LogP contribution in [0.2, 0.25) is 0 Å². The smallest absolute Gasteiger partial charge is 0.374 e. The molecule has 5 heteroatoms. The molecule has 0 N–H and O–H groups in total. The first-order chi connectivity index (χ1) is 11.6. The van der Waals surface area contributed by atoms with Crippen molar-refractivity contribution in [3.63, 3.8) is 0 Å². The maximum absolute atomic E-state index is 12.0. The van der Waals surface area contributed by atoms with Crippen LogP contribution in [0.25, 0.3) is 11.0 Å². The lowest BCUT2D eigenvalue weighted by atomic mass is 10.2. The fourth-order valence-electron chi connectivity index (χ4n) is 2.20. The van der Waals surface area contributed by atoms with Crippen molar-refractivity contribution in [3.8, 4) is 5.75 Å². The van der Waals surface area contributed by atoms with Crippen molar-refractivity contribution in [2.75, 3.05) is 13.2 Å². The van der Waals surface area contributed by atoms with Crippen molar-refractivity contribution in [2.24, 2.45) is 0 Å². The Morgan fingerprint density at radius 3 is 2.58 bits per heavy atom. The number of para-hydroxylation sites is 1. The maximum atomic E-state index is 12.0.